The quantitative estimate of drug-likeness (QED) is 0.228. The van der Waals surface area contributed by atoms with E-state index in [1.807, 2.05) is 24.3 Å². The molecular formula is C30H28O2. The predicted molar refractivity (Wildman–Crippen MR) is 133 cm³/mol. The summed E-state index contributed by atoms with van der Waals surface area (Å²) in [5.74, 6) is 8.35. The molecule has 0 aromatic heterocycles. The number of ether oxygens (including phenoxy) is 2. The molecule has 0 atom stereocenters. The lowest BCUT2D eigenvalue weighted by Crippen LogP contribution is -1.96. The number of methoxy groups -OCH3 is 1. The Morgan fingerprint density at radius 3 is 1.94 bits per heavy atom. The molecule has 0 aliphatic heterocycles. The molecule has 32 heavy (non-hydrogen) atoms. The van der Waals surface area contributed by atoms with E-state index in [2.05, 4.69) is 79.4 Å². The van der Waals surface area contributed by atoms with Crippen LogP contribution in [0.5, 0.6) is 11.5 Å². The van der Waals surface area contributed by atoms with Crippen LogP contribution in [0.2, 0.25) is 0 Å². The van der Waals surface area contributed by atoms with Crippen LogP contribution in [-0.4, -0.2) is 13.7 Å². The van der Waals surface area contributed by atoms with Gasteiger partial charge in [0, 0.05) is 11.1 Å². The van der Waals surface area contributed by atoms with Gasteiger partial charge >= 0.3 is 0 Å². The first kappa shape index (κ1) is 21.5. The molecule has 0 aliphatic rings. The number of hydrogen-bond acceptors (Lipinski definition) is 2. The van der Waals surface area contributed by atoms with Gasteiger partial charge in [-0.15, -0.1) is 0 Å². The summed E-state index contributed by atoms with van der Waals surface area (Å²) in [5, 5.41) is 2.31. The monoisotopic (exact) mass is 420 g/mol. The Kier molecular flexibility index (Phi) is 7.10. The van der Waals surface area contributed by atoms with Crippen molar-refractivity contribution in [1.29, 1.82) is 0 Å². The molecule has 4 aromatic carbocycles. The Labute approximate surface area is 190 Å². The molecule has 0 aliphatic carbocycles. The van der Waals surface area contributed by atoms with Gasteiger partial charge in [-0.1, -0.05) is 68.0 Å². The van der Waals surface area contributed by atoms with Crippen LogP contribution in [0.15, 0.2) is 84.9 Å². The summed E-state index contributed by atoms with van der Waals surface area (Å²) in [6, 6.07) is 29.0. The number of hydrogen-bond donors (Lipinski definition) is 0. The molecule has 160 valence electrons. The molecule has 0 amide bonds. The maximum absolute atomic E-state index is 5.81. The summed E-state index contributed by atoms with van der Waals surface area (Å²) >= 11 is 0. The van der Waals surface area contributed by atoms with E-state index in [0.29, 0.717) is 0 Å². The van der Waals surface area contributed by atoms with E-state index >= 15 is 0 Å². The van der Waals surface area contributed by atoms with Crippen LogP contribution < -0.4 is 9.47 Å². The standard InChI is InChI=1S/C30H28O2/c1-3-4-5-20-32-29-17-14-26(15-18-29)25-11-8-23(9-12-25)6-7-24-10-13-28-22-30(31-2)19-16-27(28)21-24/h8-19,21-22H,3-5,20H2,1-2H3. The van der Waals surface area contributed by atoms with E-state index in [1.54, 1.807) is 7.11 Å². The van der Waals surface area contributed by atoms with Gasteiger partial charge in [0.05, 0.1) is 13.7 Å². The molecule has 4 aromatic rings. The summed E-state index contributed by atoms with van der Waals surface area (Å²) in [6.45, 7) is 2.99. The molecule has 2 heteroatoms. The third-order valence-corrected chi connectivity index (χ3v) is 5.49. The number of unbranched alkanes of at least 4 members (excludes halogenated alkanes) is 2. The van der Waals surface area contributed by atoms with Crippen LogP contribution in [0.4, 0.5) is 0 Å². The van der Waals surface area contributed by atoms with Crippen LogP contribution in [0.25, 0.3) is 21.9 Å². The van der Waals surface area contributed by atoms with E-state index in [1.165, 1.54) is 24.0 Å². The fraction of sp³-hybridized carbons (Fsp3) is 0.200. The SMILES string of the molecule is CCCCCOc1ccc(-c2ccc(C#Cc3ccc4cc(OC)ccc4c3)cc2)cc1. The number of benzene rings is 4. The lowest BCUT2D eigenvalue weighted by atomic mass is 10.0. The molecule has 0 heterocycles. The minimum absolute atomic E-state index is 0.784. The first-order valence-corrected chi connectivity index (χ1v) is 11.2. The van der Waals surface area contributed by atoms with E-state index in [-0.39, 0.29) is 0 Å². The molecule has 0 fully saturated rings. The summed E-state index contributed by atoms with van der Waals surface area (Å²) in [7, 11) is 1.69. The normalized spacial score (nSPS) is 10.4. The molecule has 0 bridgehead atoms. The number of fused-ring (bicyclic) bond motifs is 1. The molecule has 0 saturated heterocycles. The van der Waals surface area contributed by atoms with E-state index < -0.39 is 0 Å². The fourth-order valence-electron chi connectivity index (χ4n) is 3.60. The topological polar surface area (TPSA) is 18.5 Å². The van der Waals surface area contributed by atoms with Gasteiger partial charge in [0.25, 0.3) is 0 Å². The van der Waals surface area contributed by atoms with E-state index in [0.717, 1.165) is 46.4 Å². The second-order valence-corrected chi connectivity index (χ2v) is 7.84. The highest BCUT2D eigenvalue weighted by Gasteiger charge is 2.00. The van der Waals surface area contributed by atoms with Gasteiger partial charge in [-0.25, -0.2) is 0 Å². The Morgan fingerprint density at radius 2 is 1.22 bits per heavy atom. The maximum atomic E-state index is 5.81. The van der Waals surface area contributed by atoms with Crippen LogP contribution in [0, 0.1) is 11.8 Å². The molecule has 0 unspecified atom stereocenters. The average molecular weight is 421 g/mol. The predicted octanol–water partition coefficient (Wildman–Crippen LogP) is 7.48. The van der Waals surface area contributed by atoms with Crippen LogP contribution in [-0.2, 0) is 0 Å². The maximum Gasteiger partial charge on any atom is 0.119 e. The average Bonchev–Trinajstić information content (AvgIpc) is 2.85. The van der Waals surface area contributed by atoms with Crippen LogP contribution >= 0.6 is 0 Å². The van der Waals surface area contributed by atoms with Crippen molar-refractivity contribution >= 4 is 10.8 Å². The van der Waals surface area contributed by atoms with Gasteiger partial charge < -0.3 is 9.47 Å². The van der Waals surface area contributed by atoms with Gasteiger partial charge in [0.2, 0.25) is 0 Å². The zero-order valence-electron chi connectivity index (χ0n) is 18.7. The highest BCUT2D eigenvalue weighted by Crippen LogP contribution is 2.24. The summed E-state index contributed by atoms with van der Waals surface area (Å²) in [5.41, 5.74) is 4.35. The summed E-state index contributed by atoms with van der Waals surface area (Å²) in [4.78, 5) is 0. The highest BCUT2D eigenvalue weighted by molar-refractivity contribution is 5.85. The van der Waals surface area contributed by atoms with Crippen molar-refractivity contribution in [2.75, 3.05) is 13.7 Å². The smallest absolute Gasteiger partial charge is 0.119 e. The van der Waals surface area contributed by atoms with Gasteiger partial charge in [-0.3, -0.25) is 0 Å². The van der Waals surface area contributed by atoms with Gasteiger partial charge in [0.1, 0.15) is 11.5 Å². The zero-order valence-corrected chi connectivity index (χ0v) is 18.7. The molecule has 2 nitrogen and oxygen atoms in total. The van der Waals surface area contributed by atoms with Crippen molar-refractivity contribution in [2.24, 2.45) is 0 Å². The Balaban J connectivity index is 1.42. The Hall–Kier alpha value is -3.70. The summed E-state index contributed by atoms with van der Waals surface area (Å²) in [6.07, 6.45) is 3.53. The molecule has 0 spiro atoms. The van der Waals surface area contributed by atoms with E-state index in [4.69, 9.17) is 9.47 Å². The number of rotatable bonds is 7. The van der Waals surface area contributed by atoms with Gasteiger partial charge in [0.15, 0.2) is 0 Å². The lowest BCUT2D eigenvalue weighted by molar-refractivity contribution is 0.306. The fourth-order valence-corrected chi connectivity index (χ4v) is 3.60. The largest absolute Gasteiger partial charge is 0.497 e. The summed E-state index contributed by atoms with van der Waals surface area (Å²) < 4.78 is 11.1. The second-order valence-electron chi connectivity index (χ2n) is 7.84. The van der Waals surface area contributed by atoms with Crippen molar-refractivity contribution in [3.05, 3.63) is 96.1 Å². The Morgan fingerprint density at radius 1 is 0.625 bits per heavy atom. The van der Waals surface area contributed by atoms with Crippen molar-refractivity contribution in [3.8, 4) is 34.5 Å². The van der Waals surface area contributed by atoms with Crippen molar-refractivity contribution < 1.29 is 9.47 Å². The van der Waals surface area contributed by atoms with Crippen molar-refractivity contribution in [1.82, 2.24) is 0 Å². The molecule has 0 N–H and O–H groups in total. The molecule has 4 rings (SSSR count). The van der Waals surface area contributed by atoms with E-state index in [9.17, 15) is 0 Å². The van der Waals surface area contributed by atoms with Crippen LogP contribution in [0.3, 0.4) is 0 Å². The van der Waals surface area contributed by atoms with Crippen molar-refractivity contribution in [3.63, 3.8) is 0 Å². The highest BCUT2D eigenvalue weighted by atomic mass is 16.5. The van der Waals surface area contributed by atoms with Crippen molar-refractivity contribution in [2.45, 2.75) is 26.2 Å². The third kappa shape index (κ3) is 5.50. The van der Waals surface area contributed by atoms with Gasteiger partial charge in [-0.05, 0) is 76.9 Å². The van der Waals surface area contributed by atoms with Crippen LogP contribution in [0.1, 0.15) is 37.3 Å². The molecular weight excluding hydrogens is 392 g/mol. The molecule has 0 saturated carbocycles. The minimum atomic E-state index is 0.784. The van der Waals surface area contributed by atoms with Gasteiger partial charge in [-0.2, -0.15) is 0 Å². The zero-order chi connectivity index (χ0) is 22.2. The first-order valence-electron chi connectivity index (χ1n) is 11.2. The second kappa shape index (κ2) is 10.6. The lowest BCUT2D eigenvalue weighted by Gasteiger charge is -2.07. The minimum Gasteiger partial charge on any atom is -0.497 e. The third-order valence-electron chi connectivity index (χ3n) is 5.49. The molecule has 0 radical (unpaired) electrons. The first-order chi connectivity index (χ1) is 15.7. The Bertz CT molecular complexity index is 1230.